The maximum Gasteiger partial charge on any atom is 0.405 e. The van der Waals surface area contributed by atoms with Gasteiger partial charge in [-0.1, -0.05) is 0 Å². The van der Waals surface area contributed by atoms with Crippen molar-refractivity contribution in [2.24, 2.45) is 11.7 Å². The zero-order chi connectivity index (χ0) is 13.1. The molecule has 1 fully saturated rings. The molecule has 1 saturated heterocycles. The molecule has 1 rings (SSSR count). The summed E-state index contributed by atoms with van der Waals surface area (Å²) in [6.07, 6.45) is -3.12. The molecule has 0 bridgehead atoms. The van der Waals surface area contributed by atoms with E-state index in [4.69, 9.17) is 5.73 Å². The number of piperidine rings is 1. The highest BCUT2D eigenvalue weighted by atomic mass is 19.4. The maximum atomic E-state index is 12.7. The van der Waals surface area contributed by atoms with E-state index in [-0.39, 0.29) is 18.4 Å². The summed E-state index contributed by atoms with van der Waals surface area (Å²) in [6.45, 7) is -0.000114. The molecular formula is C10H18F3N3O. The van der Waals surface area contributed by atoms with Gasteiger partial charge in [0.1, 0.15) is 6.04 Å². The Labute approximate surface area is 98.3 Å². The third-order valence-corrected chi connectivity index (χ3v) is 3.11. The van der Waals surface area contributed by atoms with E-state index in [1.54, 1.807) is 0 Å². The van der Waals surface area contributed by atoms with Crippen LogP contribution in [0.3, 0.4) is 0 Å². The van der Waals surface area contributed by atoms with E-state index < -0.39 is 18.8 Å². The Kier molecular flexibility index (Phi) is 4.76. The van der Waals surface area contributed by atoms with Crippen molar-refractivity contribution in [1.29, 1.82) is 0 Å². The van der Waals surface area contributed by atoms with Crippen molar-refractivity contribution in [3.63, 3.8) is 0 Å². The van der Waals surface area contributed by atoms with E-state index in [1.165, 1.54) is 11.9 Å². The summed E-state index contributed by atoms with van der Waals surface area (Å²) < 4.78 is 38.1. The van der Waals surface area contributed by atoms with Crippen LogP contribution < -0.4 is 11.1 Å². The molecule has 0 aromatic rings. The Balaban J connectivity index is 2.68. The largest absolute Gasteiger partial charge is 0.405 e. The van der Waals surface area contributed by atoms with E-state index in [9.17, 15) is 18.0 Å². The normalized spacial score (nSPS) is 24.4. The average molecular weight is 253 g/mol. The van der Waals surface area contributed by atoms with Gasteiger partial charge in [0.15, 0.2) is 0 Å². The van der Waals surface area contributed by atoms with Crippen molar-refractivity contribution in [2.45, 2.75) is 25.1 Å². The molecule has 1 heterocycles. The van der Waals surface area contributed by atoms with Gasteiger partial charge in [-0.05, 0) is 19.4 Å². The first kappa shape index (κ1) is 14.2. The van der Waals surface area contributed by atoms with Gasteiger partial charge in [0.25, 0.3) is 0 Å². The number of nitrogens with zero attached hydrogens (tertiary/aromatic N) is 1. The Morgan fingerprint density at radius 3 is 2.71 bits per heavy atom. The van der Waals surface area contributed by atoms with Crippen LogP contribution in [0.15, 0.2) is 0 Å². The fourth-order valence-electron chi connectivity index (χ4n) is 2.20. The number of halogens is 3. The van der Waals surface area contributed by atoms with Crippen molar-refractivity contribution in [2.75, 3.05) is 26.7 Å². The lowest BCUT2D eigenvalue weighted by Crippen LogP contribution is -2.55. The quantitative estimate of drug-likeness (QED) is 0.762. The first-order valence-electron chi connectivity index (χ1n) is 5.62. The fraction of sp³-hybridized carbons (Fsp3) is 0.900. The second kappa shape index (κ2) is 5.68. The lowest BCUT2D eigenvalue weighted by atomic mass is 9.95. The van der Waals surface area contributed by atoms with E-state index in [1.807, 2.05) is 0 Å². The summed E-state index contributed by atoms with van der Waals surface area (Å²) in [5, 5.41) is 2.47. The number of carbonyl (C=O) groups excluding carboxylic acids is 1. The molecule has 0 aromatic heterocycles. The summed E-state index contributed by atoms with van der Waals surface area (Å²) in [5.74, 6) is -0.571. The van der Waals surface area contributed by atoms with E-state index in [0.29, 0.717) is 19.4 Å². The number of nitrogens with two attached hydrogens (primary N) is 1. The van der Waals surface area contributed by atoms with Crippen LogP contribution in [0.4, 0.5) is 13.2 Å². The Hall–Kier alpha value is -0.820. The van der Waals surface area contributed by atoms with Crippen LogP contribution in [0.5, 0.6) is 0 Å². The molecule has 0 saturated carbocycles. The van der Waals surface area contributed by atoms with E-state index in [0.717, 1.165) is 0 Å². The minimum absolute atomic E-state index is 0.126. The first-order valence-corrected chi connectivity index (χ1v) is 5.62. The molecular weight excluding hydrogens is 235 g/mol. The number of nitrogens with one attached hydrogen (secondary N) is 1. The second-order valence-corrected chi connectivity index (χ2v) is 4.24. The molecule has 7 heteroatoms. The van der Waals surface area contributed by atoms with Crippen molar-refractivity contribution >= 4 is 5.91 Å². The average Bonchev–Trinajstić information content (AvgIpc) is 2.27. The molecule has 1 aliphatic rings. The van der Waals surface area contributed by atoms with Gasteiger partial charge in [-0.2, -0.15) is 13.2 Å². The first-order chi connectivity index (χ1) is 7.90. The van der Waals surface area contributed by atoms with Gasteiger partial charge in [0, 0.05) is 20.1 Å². The molecule has 0 radical (unpaired) electrons. The summed E-state index contributed by atoms with van der Waals surface area (Å²) in [4.78, 5) is 12.7. The number of alkyl halides is 3. The van der Waals surface area contributed by atoms with Gasteiger partial charge in [-0.25, -0.2) is 0 Å². The molecule has 17 heavy (non-hydrogen) atoms. The molecule has 0 unspecified atom stereocenters. The number of hydrogen-bond acceptors (Lipinski definition) is 3. The number of amides is 1. The van der Waals surface area contributed by atoms with Gasteiger partial charge >= 0.3 is 6.18 Å². The SMILES string of the molecule is CNC(=O)[C@@H]1CCCN([C@H](CN)C(F)(F)F)C1. The minimum atomic E-state index is -4.33. The standard InChI is InChI=1S/C10H18F3N3O/c1-15-9(17)7-3-2-4-16(6-7)8(5-14)10(11,12)13/h7-8H,2-6,14H2,1H3,(H,15,17)/t7-,8-/m1/s1. The highest BCUT2D eigenvalue weighted by Crippen LogP contribution is 2.28. The maximum absolute atomic E-state index is 12.7. The lowest BCUT2D eigenvalue weighted by molar-refractivity contribution is -0.185. The highest BCUT2D eigenvalue weighted by Gasteiger charge is 2.44. The van der Waals surface area contributed by atoms with E-state index >= 15 is 0 Å². The molecule has 0 aliphatic carbocycles. The Morgan fingerprint density at radius 2 is 2.24 bits per heavy atom. The predicted octanol–water partition coefficient (Wildman–Crippen LogP) is 0.334. The van der Waals surface area contributed by atoms with Gasteiger partial charge in [-0.3, -0.25) is 9.69 Å². The van der Waals surface area contributed by atoms with Crippen LogP contribution in [0.2, 0.25) is 0 Å². The van der Waals surface area contributed by atoms with Crippen molar-refractivity contribution in [3.8, 4) is 0 Å². The zero-order valence-electron chi connectivity index (χ0n) is 9.76. The molecule has 100 valence electrons. The Morgan fingerprint density at radius 1 is 1.59 bits per heavy atom. The Bertz CT molecular complexity index is 270. The summed E-state index contributed by atoms with van der Waals surface area (Å²) in [7, 11) is 1.49. The molecule has 2 atom stereocenters. The van der Waals surface area contributed by atoms with E-state index in [2.05, 4.69) is 5.32 Å². The van der Waals surface area contributed by atoms with Crippen LogP contribution >= 0.6 is 0 Å². The summed E-state index contributed by atoms with van der Waals surface area (Å²) in [6, 6.07) is -1.64. The minimum Gasteiger partial charge on any atom is -0.359 e. The van der Waals surface area contributed by atoms with Gasteiger partial charge < -0.3 is 11.1 Å². The van der Waals surface area contributed by atoms with Crippen molar-refractivity contribution in [1.82, 2.24) is 10.2 Å². The number of likely N-dealkylation sites (tertiary alicyclic amines) is 1. The molecule has 1 amide bonds. The molecule has 0 aromatic carbocycles. The molecule has 1 aliphatic heterocycles. The fourth-order valence-corrected chi connectivity index (χ4v) is 2.20. The lowest BCUT2D eigenvalue weighted by Gasteiger charge is -2.37. The number of hydrogen-bond donors (Lipinski definition) is 2. The van der Waals surface area contributed by atoms with Gasteiger partial charge in [-0.15, -0.1) is 0 Å². The smallest absolute Gasteiger partial charge is 0.359 e. The monoisotopic (exact) mass is 253 g/mol. The number of rotatable bonds is 3. The predicted molar refractivity (Wildman–Crippen MR) is 57.3 cm³/mol. The van der Waals surface area contributed by atoms with Crippen LogP contribution in [-0.4, -0.2) is 49.7 Å². The third kappa shape index (κ3) is 3.57. The molecule has 4 nitrogen and oxygen atoms in total. The van der Waals surface area contributed by atoms with Gasteiger partial charge in [0.2, 0.25) is 5.91 Å². The van der Waals surface area contributed by atoms with Crippen LogP contribution in [0.25, 0.3) is 0 Å². The highest BCUT2D eigenvalue weighted by molar-refractivity contribution is 5.78. The van der Waals surface area contributed by atoms with Gasteiger partial charge in [0.05, 0.1) is 5.92 Å². The third-order valence-electron chi connectivity index (χ3n) is 3.11. The van der Waals surface area contributed by atoms with Crippen LogP contribution in [0.1, 0.15) is 12.8 Å². The summed E-state index contributed by atoms with van der Waals surface area (Å²) in [5.41, 5.74) is 5.18. The number of carbonyl (C=O) groups is 1. The molecule has 3 N–H and O–H groups in total. The molecule has 0 spiro atoms. The summed E-state index contributed by atoms with van der Waals surface area (Å²) >= 11 is 0. The zero-order valence-corrected chi connectivity index (χ0v) is 9.76. The second-order valence-electron chi connectivity index (χ2n) is 4.24. The topological polar surface area (TPSA) is 58.4 Å². The van der Waals surface area contributed by atoms with Crippen LogP contribution in [-0.2, 0) is 4.79 Å². The van der Waals surface area contributed by atoms with Crippen LogP contribution in [0, 0.1) is 5.92 Å². The van der Waals surface area contributed by atoms with Crippen molar-refractivity contribution < 1.29 is 18.0 Å². The van der Waals surface area contributed by atoms with Crippen molar-refractivity contribution in [3.05, 3.63) is 0 Å².